The minimum Gasteiger partial charge on any atom is -0.455 e. The van der Waals surface area contributed by atoms with E-state index in [9.17, 15) is 22.4 Å². The molecule has 0 unspecified atom stereocenters. The molecule has 2 amide bonds. The third-order valence-electron chi connectivity index (χ3n) is 7.00. The molecule has 2 aromatic heterocycles. The van der Waals surface area contributed by atoms with Crippen LogP contribution in [0, 0.1) is 6.92 Å². The lowest BCUT2D eigenvalue weighted by molar-refractivity contribution is 0.0918. The highest BCUT2D eigenvalue weighted by atomic mass is 32.2. The molecule has 0 saturated heterocycles. The van der Waals surface area contributed by atoms with Gasteiger partial charge >= 0.3 is 0 Å². The molecule has 0 fully saturated rings. The average molecular weight is 578 g/mol. The molecule has 41 heavy (non-hydrogen) atoms. The maximum atomic E-state index is 13.8. The van der Waals surface area contributed by atoms with E-state index < -0.39 is 21.5 Å². The molecule has 214 valence electrons. The van der Waals surface area contributed by atoms with Crippen LogP contribution in [0.25, 0.3) is 38.6 Å². The Hall–Kier alpha value is -4.18. The van der Waals surface area contributed by atoms with Crippen LogP contribution in [0.5, 0.6) is 0 Å². The topological polar surface area (TPSA) is 110 Å². The lowest BCUT2D eigenvalue weighted by Crippen LogP contribution is -2.40. The summed E-state index contributed by atoms with van der Waals surface area (Å²) >= 11 is 0. The molecule has 4 aromatic rings. The summed E-state index contributed by atoms with van der Waals surface area (Å²) in [5.41, 5.74) is 3.35. The Kier molecular flexibility index (Phi) is 6.93. The number of hydrogen-bond donors (Lipinski definition) is 2. The van der Waals surface area contributed by atoms with Crippen molar-refractivity contribution in [3.63, 3.8) is 0 Å². The number of carbonyl (C=O) groups excluding carboxylic acids is 2. The van der Waals surface area contributed by atoms with E-state index in [2.05, 4.69) is 10.6 Å². The number of aryl methyl sites for hydroxylation is 1. The van der Waals surface area contributed by atoms with Gasteiger partial charge in [-0.2, -0.15) is 0 Å². The van der Waals surface area contributed by atoms with Crippen LogP contribution < -0.4 is 10.6 Å². The maximum absolute atomic E-state index is 13.8. The first kappa shape index (κ1) is 28.4. The number of fused-ring (bicyclic) bond motifs is 3. The lowest BCUT2D eigenvalue weighted by Gasteiger charge is -2.20. The van der Waals surface area contributed by atoms with Crippen molar-refractivity contribution in [3.8, 4) is 11.1 Å². The molecule has 8 nitrogen and oxygen atoms in total. The number of allylic oxidation sites excluding steroid dienone is 4. The van der Waals surface area contributed by atoms with Crippen molar-refractivity contribution in [1.29, 1.82) is 0 Å². The van der Waals surface area contributed by atoms with E-state index in [1.807, 2.05) is 20.8 Å². The van der Waals surface area contributed by atoms with Gasteiger partial charge in [-0.15, -0.1) is 0 Å². The van der Waals surface area contributed by atoms with Crippen molar-refractivity contribution in [1.82, 2.24) is 14.6 Å². The smallest absolute Gasteiger partial charge is 0.255 e. The van der Waals surface area contributed by atoms with E-state index in [-0.39, 0.29) is 23.7 Å². The van der Waals surface area contributed by atoms with Gasteiger partial charge in [-0.25, -0.2) is 16.8 Å². The fraction of sp³-hybridized carbons (Fsp3) is 0.290. The van der Waals surface area contributed by atoms with Gasteiger partial charge in [-0.3, -0.25) is 9.59 Å². The van der Waals surface area contributed by atoms with Crippen LogP contribution in [0.4, 0.5) is 4.39 Å². The fourth-order valence-electron chi connectivity index (χ4n) is 5.22. The van der Waals surface area contributed by atoms with Crippen molar-refractivity contribution in [2.75, 3.05) is 13.3 Å². The first-order chi connectivity index (χ1) is 19.2. The summed E-state index contributed by atoms with van der Waals surface area (Å²) in [5, 5.41) is 6.64. The van der Waals surface area contributed by atoms with Crippen molar-refractivity contribution in [3.05, 3.63) is 77.0 Å². The quantitative estimate of drug-likeness (QED) is 0.298. The third-order valence-corrected chi connectivity index (χ3v) is 8.01. The van der Waals surface area contributed by atoms with Gasteiger partial charge < -0.3 is 15.1 Å². The molecular formula is C31H32FN3O5S. The normalized spacial score (nSPS) is 14.2. The number of nitrogens with zero attached hydrogens (tertiary/aromatic N) is 1. The van der Waals surface area contributed by atoms with Crippen LogP contribution in [0.2, 0.25) is 0 Å². The van der Waals surface area contributed by atoms with Gasteiger partial charge in [0, 0.05) is 47.1 Å². The van der Waals surface area contributed by atoms with Crippen molar-refractivity contribution in [2.45, 2.75) is 46.1 Å². The second-order valence-electron chi connectivity index (χ2n) is 11.4. The number of hydrogen-bond acceptors (Lipinski definition) is 5. The SMILES string of the molecule is CNC(=O)c1c(C2=CC=C(F)CC2)oc2c1cc(-c1cccc(C(=O)NC(C)(C)C)c1)c1c2c(C)cn1S(C)(=O)=O. The summed E-state index contributed by atoms with van der Waals surface area (Å²) in [6, 6.07) is 8.65. The highest BCUT2D eigenvalue weighted by molar-refractivity contribution is 7.89. The van der Waals surface area contributed by atoms with Gasteiger partial charge in [-0.1, -0.05) is 18.2 Å². The average Bonchev–Trinajstić information content (AvgIpc) is 3.45. The van der Waals surface area contributed by atoms with Crippen molar-refractivity contribution < 1.29 is 26.8 Å². The van der Waals surface area contributed by atoms with Gasteiger partial charge in [0.15, 0.2) is 0 Å². The highest BCUT2D eigenvalue weighted by Gasteiger charge is 2.29. The summed E-state index contributed by atoms with van der Waals surface area (Å²) in [6.07, 6.45) is 6.14. The van der Waals surface area contributed by atoms with Crippen LogP contribution in [-0.2, 0) is 10.0 Å². The number of aromatic nitrogens is 1. The number of carbonyl (C=O) groups is 2. The fourth-order valence-corrected chi connectivity index (χ4v) is 6.09. The first-order valence-corrected chi connectivity index (χ1v) is 15.1. The Bertz CT molecular complexity index is 1920. The maximum Gasteiger partial charge on any atom is 0.255 e. The van der Waals surface area contributed by atoms with Gasteiger partial charge in [0.1, 0.15) is 17.2 Å². The van der Waals surface area contributed by atoms with Crippen LogP contribution in [0.1, 0.15) is 65.7 Å². The van der Waals surface area contributed by atoms with Crippen molar-refractivity contribution in [2.24, 2.45) is 0 Å². The second kappa shape index (κ2) is 10.0. The van der Waals surface area contributed by atoms with E-state index in [4.69, 9.17) is 4.42 Å². The molecule has 1 aliphatic carbocycles. The zero-order chi connectivity index (χ0) is 29.9. The lowest BCUT2D eigenvalue weighted by atomic mass is 9.94. The molecule has 0 aliphatic heterocycles. The molecule has 2 aromatic carbocycles. The van der Waals surface area contributed by atoms with Gasteiger partial charge in [0.25, 0.3) is 11.8 Å². The molecule has 10 heteroatoms. The number of furan rings is 1. The molecule has 0 bridgehead atoms. The summed E-state index contributed by atoms with van der Waals surface area (Å²) < 4.78 is 47.3. The molecule has 5 rings (SSSR count). The number of halogens is 1. The molecule has 0 saturated carbocycles. The standard InChI is InChI=1S/C31H32FN3O5S/c1-17-16-35(41(6,38)39)26-22(19-8-7-9-20(14-19)29(36)34-31(2,3)4)15-23-25(30(37)33-5)27(40-28(23)24(17)26)18-10-12-21(32)13-11-18/h7-10,12,14-16H,11,13H2,1-6H3,(H,33,37)(H,34,36). The zero-order valence-electron chi connectivity index (χ0n) is 23.8. The first-order valence-electron chi connectivity index (χ1n) is 13.2. The minimum atomic E-state index is -3.75. The molecule has 0 radical (unpaired) electrons. The Morgan fingerprint density at radius 3 is 2.41 bits per heavy atom. The molecule has 2 N–H and O–H groups in total. The van der Waals surface area contributed by atoms with E-state index in [1.165, 1.54) is 23.3 Å². The summed E-state index contributed by atoms with van der Waals surface area (Å²) in [5.74, 6) is -0.607. The van der Waals surface area contributed by atoms with E-state index in [1.54, 1.807) is 43.3 Å². The van der Waals surface area contributed by atoms with E-state index in [0.717, 1.165) is 6.26 Å². The second-order valence-corrected chi connectivity index (χ2v) is 13.2. The van der Waals surface area contributed by atoms with Crippen LogP contribution in [0.3, 0.4) is 0 Å². The highest BCUT2D eigenvalue weighted by Crippen LogP contribution is 2.44. The largest absolute Gasteiger partial charge is 0.455 e. The Morgan fingerprint density at radius 1 is 1.07 bits per heavy atom. The number of rotatable bonds is 5. The molecule has 2 heterocycles. The van der Waals surface area contributed by atoms with Gasteiger partial charge in [-0.05, 0) is 75.1 Å². The van der Waals surface area contributed by atoms with E-state index in [0.29, 0.717) is 61.9 Å². The summed E-state index contributed by atoms with van der Waals surface area (Å²) in [6.45, 7) is 7.43. The Morgan fingerprint density at radius 2 is 1.80 bits per heavy atom. The predicted molar refractivity (Wildman–Crippen MR) is 159 cm³/mol. The molecule has 0 spiro atoms. The molecule has 1 aliphatic rings. The number of benzene rings is 2. The number of nitrogens with one attached hydrogen (secondary N) is 2. The summed E-state index contributed by atoms with van der Waals surface area (Å²) in [4.78, 5) is 26.3. The Balaban J connectivity index is 1.89. The van der Waals surface area contributed by atoms with Crippen LogP contribution in [-0.4, -0.2) is 43.0 Å². The predicted octanol–water partition coefficient (Wildman–Crippen LogP) is 6.09. The van der Waals surface area contributed by atoms with Crippen LogP contribution in [0.15, 0.2) is 58.9 Å². The zero-order valence-corrected chi connectivity index (χ0v) is 24.6. The Labute approximate surface area is 238 Å². The monoisotopic (exact) mass is 577 g/mol. The molecular weight excluding hydrogens is 545 g/mol. The minimum absolute atomic E-state index is 0.184. The molecule has 0 atom stereocenters. The van der Waals surface area contributed by atoms with E-state index >= 15 is 0 Å². The third kappa shape index (κ3) is 5.19. The summed E-state index contributed by atoms with van der Waals surface area (Å²) in [7, 11) is -2.24. The number of amides is 2. The van der Waals surface area contributed by atoms with Gasteiger partial charge in [0.2, 0.25) is 10.0 Å². The van der Waals surface area contributed by atoms with Crippen LogP contribution >= 0.6 is 0 Å². The van der Waals surface area contributed by atoms with Gasteiger partial charge in [0.05, 0.1) is 17.3 Å². The van der Waals surface area contributed by atoms with Crippen molar-refractivity contribution >= 4 is 49.3 Å².